The Hall–Kier alpha value is -0.700. The van der Waals surface area contributed by atoms with Crippen LogP contribution in [0.1, 0.15) is 33.6 Å². The summed E-state index contributed by atoms with van der Waals surface area (Å²) >= 11 is 0. The fraction of sp³-hybridized carbons (Fsp3) is 0.800. The number of ketones is 1. The minimum absolute atomic E-state index is 0.0881. The summed E-state index contributed by atoms with van der Waals surface area (Å²) in [6, 6.07) is 0. The third-order valence-corrected chi connectivity index (χ3v) is 2.15. The molecule has 0 unspecified atom stereocenters. The summed E-state index contributed by atoms with van der Waals surface area (Å²) in [7, 11) is 0. The molecule has 0 amide bonds. The Bertz CT molecular complexity index is 231. The van der Waals surface area contributed by atoms with Crippen molar-refractivity contribution in [3.8, 4) is 0 Å². The molecule has 3 heteroatoms. The van der Waals surface area contributed by atoms with Gasteiger partial charge in [-0.25, -0.2) is 0 Å². The van der Waals surface area contributed by atoms with Crippen LogP contribution in [0.25, 0.3) is 0 Å². The Morgan fingerprint density at radius 3 is 2.92 bits per heavy atom. The first-order valence-corrected chi connectivity index (χ1v) is 4.76. The Balaban J connectivity index is 2.62. The SMILES string of the molecule is CC(=O)CC1=NCCNC(C)(C)C1. The first kappa shape index (κ1) is 10.4. The number of Topliss-reactive ketones (excluding diaryl/α,β-unsaturated/α-hetero) is 1. The van der Waals surface area contributed by atoms with Gasteiger partial charge < -0.3 is 5.32 Å². The average Bonchev–Trinajstić information content (AvgIpc) is 2.09. The molecular weight excluding hydrogens is 164 g/mol. The van der Waals surface area contributed by atoms with Gasteiger partial charge in [-0.3, -0.25) is 9.79 Å². The summed E-state index contributed by atoms with van der Waals surface area (Å²) in [5.41, 5.74) is 1.13. The smallest absolute Gasteiger partial charge is 0.135 e. The molecule has 0 spiro atoms. The van der Waals surface area contributed by atoms with E-state index in [4.69, 9.17) is 0 Å². The molecule has 74 valence electrons. The average molecular weight is 182 g/mol. The second-order valence-electron chi connectivity index (χ2n) is 4.31. The molecule has 0 saturated heterocycles. The van der Waals surface area contributed by atoms with E-state index < -0.39 is 0 Å². The molecule has 0 aromatic rings. The molecular formula is C10H18N2O. The number of nitrogens with one attached hydrogen (secondary N) is 1. The largest absolute Gasteiger partial charge is 0.310 e. The highest BCUT2D eigenvalue weighted by Crippen LogP contribution is 2.13. The van der Waals surface area contributed by atoms with Gasteiger partial charge in [0.05, 0.1) is 6.54 Å². The van der Waals surface area contributed by atoms with Crippen LogP contribution >= 0.6 is 0 Å². The normalized spacial score (nSPS) is 21.9. The quantitative estimate of drug-likeness (QED) is 0.696. The molecule has 0 aliphatic carbocycles. The molecule has 3 nitrogen and oxygen atoms in total. The van der Waals surface area contributed by atoms with Gasteiger partial charge in [0.25, 0.3) is 0 Å². The Kier molecular flexibility index (Phi) is 3.20. The molecule has 1 heterocycles. The van der Waals surface area contributed by atoms with Gasteiger partial charge in [0.2, 0.25) is 0 Å². The van der Waals surface area contributed by atoms with E-state index >= 15 is 0 Å². The van der Waals surface area contributed by atoms with E-state index in [1.54, 1.807) is 6.92 Å². The third kappa shape index (κ3) is 3.68. The lowest BCUT2D eigenvalue weighted by atomic mass is 9.95. The summed E-state index contributed by atoms with van der Waals surface area (Å²) in [5.74, 6) is 0.205. The number of rotatable bonds is 2. The topological polar surface area (TPSA) is 41.5 Å². The van der Waals surface area contributed by atoms with E-state index in [0.29, 0.717) is 6.42 Å². The van der Waals surface area contributed by atoms with Crippen molar-refractivity contribution >= 4 is 11.5 Å². The Labute approximate surface area is 79.6 Å². The number of carbonyl (C=O) groups is 1. The van der Waals surface area contributed by atoms with Crippen LogP contribution in [0.15, 0.2) is 4.99 Å². The van der Waals surface area contributed by atoms with E-state index in [1.165, 1.54) is 0 Å². The summed E-state index contributed by atoms with van der Waals surface area (Å²) in [6.07, 6.45) is 1.40. The highest BCUT2D eigenvalue weighted by molar-refractivity contribution is 6.01. The van der Waals surface area contributed by atoms with Crippen molar-refractivity contribution < 1.29 is 4.79 Å². The Morgan fingerprint density at radius 2 is 2.31 bits per heavy atom. The number of hydrogen-bond acceptors (Lipinski definition) is 3. The minimum Gasteiger partial charge on any atom is -0.310 e. The molecule has 1 rings (SSSR count). The van der Waals surface area contributed by atoms with Gasteiger partial charge in [0.1, 0.15) is 5.78 Å². The van der Waals surface area contributed by atoms with Crippen molar-refractivity contribution in [2.75, 3.05) is 13.1 Å². The molecule has 1 aliphatic rings. The fourth-order valence-corrected chi connectivity index (χ4v) is 1.64. The van der Waals surface area contributed by atoms with Crippen LogP contribution < -0.4 is 5.32 Å². The number of aliphatic imine (C=N–C) groups is 1. The maximum Gasteiger partial charge on any atom is 0.135 e. The molecule has 0 aromatic carbocycles. The zero-order valence-corrected chi connectivity index (χ0v) is 8.68. The van der Waals surface area contributed by atoms with E-state index in [9.17, 15) is 4.79 Å². The van der Waals surface area contributed by atoms with Crippen LogP contribution in [-0.4, -0.2) is 30.1 Å². The molecule has 0 saturated carbocycles. The first-order valence-electron chi connectivity index (χ1n) is 4.76. The van der Waals surface area contributed by atoms with Gasteiger partial charge >= 0.3 is 0 Å². The molecule has 13 heavy (non-hydrogen) atoms. The van der Waals surface area contributed by atoms with Crippen molar-refractivity contribution in [3.05, 3.63) is 0 Å². The number of nitrogens with zero attached hydrogens (tertiary/aromatic N) is 1. The van der Waals surface area contributed by atoms with Gasteiger partial charge in [-0.05, 0) is 20.8 Å². The van der Waals surface area contributed by atoms with E-state index in [1.807, 2.05) is 0 Å². The fourth-order valence-electron chi connectivity index (χ4n) is 1.64. The van der Waals surface area contributed by atoms with Crippen LogP contribution in [0.4, 0.5) is 0 Å². The molecule has 0 bridgehead atoms. The summed E-state index contributed by atoms with van der Waals surface area (Å²) < 4.78 is 0. The van der Waals surface area contributed by atoms with Gasteiger partial charge in [-0.2, -0.15) is 0 Å². The predicted octanol–water partition coefficient (Wildman–Crippen LogP) is 1.18. The van der Waals surface area contributed by atoms with Crippen LogP contribution in [0.2, 0.25) is 0 Å². The molecule has 0 radical (unpaired) electrons. The molecule has 0 fully saturated rings. The molecule has 1 aliphatic heterocycles. The van der Waals surface area contributed by atoms with Crippen molar-refractivity contribution in [1.82, 2.24) is 5.32 Å². The van der Waals surface area contributed by atoms with Crippen LogP contribution in [0, 0.1) is 0 Å². The number of hydrogen-bond donors (Lipinski definition) is 1. The third-order valence-electron chi connectivity index (χ3n) is 2.15. The molecule has 1 N–H and O–H groups in total. The van der Waals surface area contributed by atoms with E-state index in [-0.39, 0.29) is 11.3 Å². The second-order valence-corrected chi connectivity index (χ2v) is 4.31. The minimum atomic E-state index is 0.0881. The predicted molar refractivity (Wildman–Crippen MR) is 54.3 cm³/mol. The maximum absolute atomic E-state index is 10.9. The highest BCUT2D eigenvalue weighted by Gasteiger charge is 2.22. The van der Waals surface area contributed by atoms with Crippen molar-refractivity contribution in [2.24, 2.45) is 4.99 Å². The lowest BCUT2D eigenvalue weighted by Crippen LogP contribution is -2.40. The highest BCUT2D eigenvalue weighted by atomic mass is 16.1. The zero-order valence-electron chi connectivity index (χ0n) is 8.68. The summed E-state index contributed by atoms with van der Waals surface area (Å²) in [5, 5.41) is 3.40. The van der Waals surface area contributed by atoms with Crippen LogP contribution in [0.3, 0.4) is 0 Å². The maximum atomic E-state index is 10.9. The van der Waals surface area contributed by atoms with E-state index in [0.717, 1.165) is 25.2 Å². The lowest BCUT2D eigenvalue weighted by molar-refractivity contribution is -0.115. The van der Waals surface area contributed by atoms with Crippen molar-refractivity contribution in [2.45, 2.75) is 39.2 Å². The monoisotopic (exact) mass is 182 g/mol. The van der Waals surface area contributed by atoms with E-state index in [2.05, 4.69) is 24.2 Å². The zero-order chi connectivity index (χ0) is 9.90. The second kappa shape index (κ2) is 4.01. The first-order chi connectivity index (χ1) is 5.99. The lowest BCUT2D eigenvalue weighted by Gasteiger charge is -2.24. The summed E-state index contributed by atoms with van der Waals surface area (Å²) in [6.45, 7) is 7.62. The van der Waals surface area contributed by atoms with Gasteiger partial charge in [0, 0.05) is 30.6 Å². The van der Waals surface area contributed by atoms with Crippen molar-refractivity contribution in [3.63, 3.8) is 0 Å². The van der Waals surface area contributed by atoms with Gasteiger partial charge in [0.15, 0.2) is 0 Å². The molecule has 0 aromatic heterocycles. The van der Waals surface area contributed by atoms with Gasteiger partial charge in [-0.1, -0.05) is 0 Å². The standard InChI is InChI=1S/C10H18N2O/c1-8(13)6-9-7-10(2,3)12-5-4-11-9/h12H,4-7H2,1-3H3. The van der Waals surface area contributed by atoms with Gasteiger partial charge in [-0.15, -0.1) is 0 Å². The Morgan fingerprint density at radius 1 is 1.62 bits per heavy atom. The molecule has 0 atom stereocenters. The number of carbonyl (C=O) groups excluding carboxylic acids is 1. The van der Waals surface area contributed by atoms with Crippen molar-refractivity contribution in [1.29, 1.82) is 0 Å². The van der Waals surface area contributed by atoms with Crippen LogP contribution in [-0.2, 0) is 4.79 Å². The van der Waals surface area contributed by atoms with Crippen LogP contribution in [0.5, 0.6) is 0 Å². The summed E-state index contributed by atoms with van der Waals surface area (Å²) in [4.78, 5) is 15.3.